The quantitative estimate of drug-likeness (QED) is 0.199. The number of hydrogen-bond donors (Lipinski definition) is 0. The van der Waals surface area contributed by atoms with E-state index in [2.05, 4.69) is 33.9 Å². The zero-order chi connectivity index (χ0) is 22.2. The summed E-state index contributed by atoms with van der Waals surface area (Å²) in [6, 6.07) is 19.2. The summed E-state index contributed by atoms with van der Waals surface area (Å²) in [4.78, 5) is 17.6. The number of halogens is 1. The largest absolute Gasteiger partial charge is 0.347 e. The topological polar surface area (TPSA) is 83.1 Å². The summed E-state index contributed by atoms with van der Waals surface area (Å²) < 4.78 is 0.581. The third-order valence-electron chi connectivity index (χ3n) is 5.03. The first-order valence-corrected chi connectivity index (χ1v) is 11.0. The average Bonchev–Trinajstić information content (AvgIpc) is 2.79. The van der Waals surface area contributed by atoms with Crippen molar-refractivity contribution in [1.29, 1.82) is 5.26 Å². The number of nitriles is 1. The van der Waals surface area contributed by atoms with Gasteiger partial charge in [-0.1, -0.05) is 62.2 Å². The van der Waals surface area contributed by atoms with Crippen molar-refractivity contribution >= 4 is 27.4 Å². The van der Waals surface area contributed by atoms with E-state index in [0.717, 1.165) is 36.0 Å². The van der Waals surface area contributed by atoms with Gasteiger partial charge in [-0.3, -0.25) is 10.1 Å². The van der Waals surface area contributed by atoms with Gasteiger partial charge in [0.1, 0.15) is 0 Å². The Kier molecular flexibility index (Phi) is 7.74. The zero-order valence-corrected chi connectivity index (χ0v) is 18.9. The molecule has 0 saturated carbocycles. The molecule has 158 valence electrons. The van der Waals surface area contributed by atoms with E-state index in [-0.39, 0.29) is 10.6 Å². The Labute approximate surface area is 190 Å². The van der Waals surface area contributed by atoms with E-state index in [0.29, 0.717) is 28.9 Å². The molecule has 0 bridgehead atoms. The molecule has 2 aromatic carbocycles. The van der Waals surface area contributed by atoms with Crippen molar-refractivity contribution in [3.8, 4) is 17.2 Å². The number of rotatable bonds is 9. The van der Waals surface area contributed by atoms with Crippen LogP contribution in [0, 0.1) is 21.4 Å². The highest BCUT2D eigenvalue weighted by molar-refractivity contribution is 9.10. The minimum absolute atomic E-state index is 0.00885. The summed E-state index contributed by atoms with van der Waals surface area (Å²) in [5, 5.41) is 21.0. The maximum Gasteiger partial charge on any atom is 0.312 e. The molecule has 0 spiro atoms. The first kappa shape index (κ1) is 22.4. The van der Waals surface area contributed by atoms with Gasteiger partial charge < -0.3 is 4.90 Å². The van der Waals surface area contributed by atoms with Crippen LogP contribution in [0.15, 0.2) is 65.3 Å². The Balaban J connectivity index is 1.89. The van der Waals surface area contributed by atoms with Crippen LogP contribution >= 0.6 is 15.9 Å². The number of anilines is 1. The van der Waals surface area contributed by atoms with E-state index in [1.165, 1.54) is 6.07 Å². The van der Waals surface area contributed by atoms with Crippen molar-refractivity contribution < 1.29 is 4.92 Å². The molecule has 0 aliphatic rings. The van der Waals surface area contributed by atoms with Crippen LogP contribution in [0.25, 0.3) is 11.1 Å². The van der Waals surface area contributed by atoms with E-state index >= 15 is 0 Å². The molecule has 0 unspecified atom stereocenters. The van der Waals surface area contributed by atoms with E-state index in [4.69, 9.17) is 0 Å². The second-order valence-corrected chi connectivity index (χ2v) is 8.15. The van der Waals surface area contributed by atoms with Crippen molar-refractivity contribution in [1.82, 2.24) is 4.98 Å². The van der Waals surface area contributed by atoms with Gasteiger partial charge in [-0.2, -0.15) is 5.26 Å². The minimum atomic E-state index is -0.387. The molecule has 0 radical (unpaired) electrons. The van der Waals surface area contributed by atoms with E-state index < -0.39 is 0 Å². The van der Waals surface area contributed by atoms with Crippen LogP contribution < -0.4 is 4.90 Å². The predicted molar refractivity (Wildman–Crippen MR) is 126 cm³/mol. The molecule has 0 atom stereocenters. The van der Waals surface area contributed by atoms with Gasteiger partial charge in [-0.25, -0.2) is 4.98 Å². The molecule has 0 fully saturated rings. The molecule has 1 aromatic heterocycles. The summed E-state index contributed by atoms with van der Waals surface area (Å²) in [5.41, 5.74) is 3.50. The van der Waals surface area contributed by atoms with Gasteiger partial charge in [0.2, 0.25) is 5.82 Å². The first-order valence-electron chi connectivity index (χ1n) is 10.2. The lowest BCUT2D eigenvalue weighted by molar-refractivity contribution is -0.384. The van der Waals surface area contributed by atoms with Crippen molar-refractivity contribution in [3.05, 3.63) is 86.5 Å². The molecule has 6 nitrogen and oxygen atoms in total. The molecule has 7 heteroatoms. The second kappa shape index (κ2) is 10.7. The summed E-state index contributed by atoms with van der Waals surface area (Å²) in [7, 11) is 0. The van der Waals surface area contributed by atoms with Crippen LogP contribution in [0.5, 0.6) is 0 Å². The number of pyridine rings is 1. The van der Waals surface area contributed by atoms with Crippen LogP contribution in [0.3, 0.4) is 0 Å². The Morgan fingerprint density at radius 3 is 2.58 bits per heavy atom. The fourth-order valence-corrected chi connectivity index (χ4v) is 3.77. The number of unbranched alkanes of at least 4 members (excludes halogenated alkanes) is 2. The number of benzene rings is 2. The highest BCUT2D eigenvalue weighted by atomic mass is 79.9. The maximum absolute atomic E-state index is 11.6. The van der Waals surface area contributed by atoms with Crippen molar-refractivity contribution in [2.45, 2.75) is 32.7 Å². The molecular formula is C24H23BrN4O2. The normalized spacial score (nSPS) is 10.5. The van der Waals surface area contributed by atoms with E-state index in [1.54, 1.807) is 12.3 Å². The van der Waals surface area contributed by atoms with Crippen LogP contribution in [0.2, 0.25) is 0 Å². The Morgan fingerprint density at radius 2 is 1.90 bits per heavy atom. The molecular weight excluding hydrogens is 456 g/mol. The summed E-state index contributed by atoms with van der Waals surface area (Å²) in [5.74, 6) is 0.378. The monoisotopic (exact) mass is 478 g/mol. The van der Waals surface area contributed by atoms with Gasteiger partial charge in [0.05, 0.1) is 16.6 Å². The third-order valence-corrected chi connectivity index (χ3v) is 5.46. The Hall–Kier alpha value is -3.24. The van der Waals surface area contributed by atoms with Gasteiger partial charge >= 0.3 is 5.69 Å². The summed E-state index contributed by atoms with van der Waals surface area (Å²) in [6.45, 7) is 3.32. The molecule has 0 N–H and O–H groups in total. The summed E-state index contributed by atoms with van der Waals surface area (Å²) >= 11 is 3.28. The lowest BCUT2D eigenvalue weighted by atomic mass is 9.99. The van der Waals surface area contributed by atoms with Crippen molar-refractivity contribution in [3.63, 3.8) is 0 Å². The third kappa shape index (κ3) is 5.68. The van der Waals surface area contributed by atoms with Gasteiger partial charge in [0.15, 0.2) is 0 Å². The SMILES string of the molecule is CCCCCN(Cc1ccc(-c2ccccc2C#N)cc1)c1ncc(Br)cc1[N+](=O)[O-]. The molecule has 1 heterocycles. The van der Waals surface area contributed by atoms with Crippen LogP contribution in [0.1, 0.15) is 37.3 Å². The Bertz CT molecular complexity index is 1090. The number of hydrogen-bond acceptors (Lipinski definition) is 5. The van der Waals surface area contributed by atoms with E-state index in [1.807, 2.05) is 47.4 Å². The number of nitrogens with zero attached hydrogens (tertiary/aromatic N) is 4. The Morgan fingerprint density at radius 1 is 1.16 bits per heavy atom. The van der Waals surface area contributed by atoms with Crippen molar-refractivity contribution in [2.24, 2.45) is 0 Å². The van der Waals surface area contributed by atoms with Crippen molar-refractivity contribution in [2.75, 3.05) is 11.4 Å². The molecule has 0 aliphatic heterocycles. The molecule has 3 aromatic rings. The van der Waals surface area contributed by atoms with E-state index in [9.17, 15) is 15.4 Å². The lowest BCUT2D eigenvalue weighted by Gasteiger charge is -2.24. The molecule has 0 amide bonds. The smallest absolute Gasteiger partial charge is 0.312 e. The van der Waals surface area contributed by atoms with Gasteiger partial charge in [-0.15, -0.1) is 0 Å². The highest BCUT2D eigenvalue weighted by Gasteiger charge is 2.22. The minimum Gasteiger partial charge on any atom is -0.347 e. The van der Waals surface area contributed by atoms with Crippen LogP contribution in [-0.2, 0) is 6.54 Å². The summed E-state index contributed by atoms with van der Waals surface area (Å²) in [6.07, 6.45) is 4.64. The lowest BCUT2D eigenvalue weighted by Crippen LogP contribution is -2.25. The zero-order valence-electron chi connectivity index (χ0n) is 17.3. The van der Waals surface area contributed by atoms with Crippen LogP contribution in [0.4, 0.5) is 11.5 Å². The standard InChI is InChI=1S/C24H23BrN4O2/c1-2-3-6-13-28(24-23(29(30)31)14-21(25)16-27-24)17-18-9-11-19(12-10-18)22-8-5-4-7-20(22)15-26/h4-5,7-12,14,16H,2-3,6,13,17H2,1H3. The van der Waals surface area contributed by atoms with Gasteiger partial charge in [-0.05, 0) is 45.1 Å². The molecule has 3 rings (SSSR count). The van der Waals surface area contributed by atoms with Gasteiger partial charge in [0, 0.05) is 29.8 Å². The predicted octanol–water partition coefficient (Wildman–Crippen LogP) is 6.49. The first-order chi connectivity index (χ1) is 15.0. The fourth-order valence-electron chi connectivity index (χ4n) is 3.45. The molecule has 31 heavy (non-hydrogen) atoms. The molecule has 0 saturated heterocycles. The fraction of sp³-hybridized carbons (Fsp3) is 0.250. The average molecular weight is 479 g/mol. The van der Waals surface area contributed by atoms with Crippen LogP contribution in [-0.4, -0.2) is 16.5 Å². The van der Waals surface area contributed by atoms with Gasteiger partial charge in [0.25, 0.3) is 0 Å². The highest BCUT2D eigenvalue weighted by Crippen LogP contribution is 2.30. The number of nitro groups is 1. The maximum atomic E-state index is 11.6. The molecule has 0 aliphatic carbocycles. The number of aromatic nitrogens is 1. The second-order valence-electron chi connectivity index (χ2n) is 7.24.